The molecule has 2 unspecified atom stereocenters. The number of β-amino-alcohol motifs (C(OH)–C–C–N with tert-alkyl or cyclic N) is 1. The Morgan fingerprint density at radius 2 is 1.93 bits per heavy atom. The normalized spacial score (nSPS) is 32.6. The number of aliphatic hydroxyl groups excluding tert-OH is 1. The molecule has 2 atom stereocenters. The first-order chi connectivity index (χ1) is 12.9. The second-order valence-electron chi connectivity index (χ2n) is 8.33. The maximum Gasteiger partial charge on any atom is 0.325 e. The first-order valence-electron chi connectivity index (χ1n) is 9.66. The van der Waals surface area contributed by atoms with Crippen LogP contribution in [0.5, 0.6) is 0 Å². The first-order valence-corrected chi connectivity index (χ1v) is 9.66. The van der Waals surface area contributed by atoms with Crippen LogP contribution in [0.1, 0.15) is 19.3 Å². The summed E-state index contributed by atoms with van der Waals surface area (Å²) in [7, 11) is 3.36. The molecular formula is C18H28N4O5. The Morgan fingerprint density at radius 3 is 2.56 bits per heavy atom. The van der Waals surface area contributed by atoms with E-state index in [-0.39, 0.29) is 12.5 Å². The van der Waals surface area contributed by atoms with Crippen molar-refractivity contribution in [2.45, 2.75) is 43.0 Å². The van der Waals surface area contributed by atoms with Crippen LogP contribution < -0.4 is 0 Å². The Kier molecular flexibility index (Phi) is 4.74. The molecule has 2 amide bonds. The minimum Gasteiger partial charge on any atom is -0.468 e. The van der Waals surface area contributed by atoms with Crippen LogP contribution in [0.15, 0.2) is 0 Å². The lowest BCUT2D eigenvalue weighted by Gasteiger charge is -2.60. The maximum absolute atomic E-state index is 13.3. The number of amides is 2. The van der Waals surface area contributed by atoms with Crippen LogP contribution in [0, 0.1) is 0 Å². The van der Waals surface area contributed by atoms with E-state index in [2.05, 4.69) is 21.6 Å². The van der Waals surface area contributed by atoms with E-state index in [4.69, 9.17) is 0 Å². The van der Waals surface area contributed by atoms with Crippen LogP contribution >= 0.6 is 0 Å². The number of likely N-dealkylation sites (tertiary alicyclic amines) is 2. The first kappa shape index (κ1) is 18.8. The van der Waals surface area contributed by atoms with Crippen molar-refractivity contribution in [3.8, 4) is 0 Å². The summed E-state index contributed by atoms with van der Waals surface area (Å²) < 4.78 is 4.67. The quantitative estimate of drug-likeness (QED) is 0.449. The highest BCUT2D eigenvalue weighted by molar-refractivity contribution is 6.07. The Balaban J connectivity index is 1.54. The van der Waals surface area contributed by atoms with E-state index in [9.17, 15) is 19.5 Å². The zero-order valence-corrected chi connectivity index (χ0v) is 16.0. The van der Waals surface area contributed by atoms with Crippen LogP contribution in [-0.4, -0.2) is 120 Å². The number of imide groups is 1. The van der Waals surface area contributed by atoms with E-state index in [1.807, 2.05) is 4.90 Å². The highest BCUT2D eigenvalue weighted by Crippen LogP contribution is 2.41. The Bertz CT molecular complexity index is 642. The average Bonchev–Trinajstić information content (AvgIpc) is 3.01. The zero-order valence-electron chi connectivity index (χ0n) is 16.0. The lowest BCUT2D eigenvalue weighted by molar-refractivity contribution is -0.185. The number of nitrogens with zero attached hydrogens (tertiary/aromatic N) is 4. The van der Waals surface area contributed by atoms with Gasteiger partial charge in [0.1, 0.15) is 12.1 Å². The van der Waals surface area contributed by atoms with E-state index >= 15 is 0 Å². The van der Waals surface area contributed by atoms with Crippen molar-refractivity contribution < 1.29 is 24.2 Å². The molecule has 0 aliphatic carbocycles. The third-order valence-electron chi connectivity index (χ3n) is 6.67. The van der Waals surface area contributed by atoms with E-state index in [1.165, 1.54) is 7.11 Å². The van der Waals surface area contributed by atoms with Gasteiger partial charge in [-0.1, -0.05) is 0 Å². The second-order valence-corrected chi connectivity index (χ2v) is 8.33. The molecule has 27 heavy (non-hydrogen) atoms. The third-order valence-corrected chi connectivity index (χ3v) is 6.67. The van der Waals surface area contributed by atoms with Crippen LogP contribution in [0.2, 0.25) is 0 Å². The summed E-state index contributed by atoms with van der Waals surface area (Å²) in [6, 6.07) is -0.0979. The van der Waals surface area contributed by atoms with Gasteiger partial charge in [0, 0.05) is 25.7 Å². The molecule has 0 saturated carbocycles. The number of rotatable bonds is 3. The zero-order chi connectivity index (χ0) is 19.3. The van der Waals surface area contributed by atoms with E-state index in [1.54, 1.807) is 0 Å². The van der Waals surface area contributed by atoms with Gasteiger partial charge in [-0.15, -0.1) is 0 Å². The number of fused-ring (bicyclic) bond motifs is 2. The van der Waals surface area contributed by atoms with Gasteiger partial charge >= 0.3 is 5.97 Å². The van der Waals surface area contributed by atoms with Gasteiger partial charge in [-0.05, 0) is 39.4 Å². The highest BCUT2D eigenvalue weighted by atomic mass is 16.5. The molecule has 0 radical (unpaired) electrons. The fraction of sp³-hybridized carbons (Fsp3) is 0.833. The number of hydrogen-bond donors (Lipinski definition) is 1. The monoisotopic (exact) mass is 380 g/mol. The van der Waals surface area contributed by atoms with Gasteiger partial charge < -0.3 is 14.7 Å². The number of piperazine rings is 1. The molecule has 0 aromatic carbocycles. The average molecular weight is 380 g/mol. The van der Waals surface area contributed by atoms with E-state index in [0.29, 0.717) is 32.1 Å². The summed E-state index contributed by atoms with van der Waals surface area (Å²) in [6.45, 7) is 3.16. The highest BCUT2D eigenvalue weighted by Gasteiger charge is 2.65. The summed E-state index contributed by atoms with van der Waals surface area (Å²) in [5.41, 5.74) is -0.812. The van der Waals surface area contributed by atoms with Crippen molar-refractivity contribution in [1.82, 2.24) is 19.6 Å². The Morgan fingerprint density at radius 1 is 1.26 bits per heavy atom. The van der Waals surface area contributed by atoms with Crippen LogP contribution in [0.25, 0.3) is 0 Å². The molecule has 4 aliphatic heterocycles. The Hall–Kier alpha value is -1.55. The molecule has 0 aromatic heterocycles. The number of ether oxygens (including phenoxy) is 1. The van der Waals surface area contributed by atoms with Crippen molar-refractivity contribution in [1.29, 1.82) is 0 Å². The lowest BCUT2D eigenvalue weighted by Crippen LogP contribution is -2.82. The molecule has 1 N–H and O–H groups in total. The number of carbonyl (C=O) groups is 3. The molecule has 9 nitrogen and oxygen atoms in total. The van der Waals surface area contributed by atoms with Crippen molar-refractivity contribution in [3.63, 3.8) is 0 Å². The molecule has 4 fully saturated rings. The second kappa shape index (κ2) is 6.80. The van der Waals surface area contributed by atoms with Gasteiger partial charge in [0.15, 0.2) is 0 Å². The van der Waals surface area contributed by atoms with E-state index in [0.717, 1.165) is 30.8 Å². The van der Waals surface area contributed by atoms with Gasteiger partial charge in [-0.2, -0.15) is 0 Å². The predicted octanol–water partition coefficient (Wildman–Crippen LogP) is -1.89. The minimum atomic E-state index is -0.812. The van der Waals surface area contributed by atoms with Gasteiger partial charge in [0.05, 0.1) is 19.3 Å². The molecule has 0 bridgehead atoms. The topological polar surface area (TPSA) is 93.6 Å². The number of piperidine rings is 1. The largest absolute Gasteiger partial charge is 0.468 e. The molecular weight excluding hydrogens is 352 g/mol. The summed E-state index contributed by atoms with van der Waals surface area (Å²) in [5.74, 6) is -1.33. The summed E-state index contributed by atoms with van der Waals surface area (Å²) in [5, 5.41) is 10.1. The molecule has 4 heterocycles. The minimum absolute atomic E-state index is 0.305. The molecule has 9 heteroatoms. The number of hydrogen-bond acceptors (Lipinski definition) is 8. The van der Waals surface area contributed by atoms with E-state index < -0.39 is 29.6 Å². The third kappa shape index (κ3) is 2.97. The molecule has 1 spiro atoms. The molecule has 4 aliphatic rings. The van der Waals surface area contributed by atoms with Crippen LogP contribution in [0.3, 0.4) is 0 Å². The van der Waals surface area contributed by atoms with Crippen molar-refractivity contribution in [2.24, 2.45) is 0 Å². The molecule has 4 saturated heterocycles. The smallest absolute Gasteiger partial charge is 0.325 e. The summed E-state index contributed by atoms with van der Waals surface area (Å²) in [4.78, 5) is 45.4. The fourth-order valence-electron chi connectivity index (χ4n) is 5.08. The van der Waals surface area contributed by atoms with Crippen LogP contribution in [-0.2, 0) is 19.1 Å². The fourth-order valence-corrected chi connectivity index (χ4v) is 5.08. The standard InChI is InChI=1S/C18H28N4O5/c1-19-5-3-12(4-6-19)20-10-18(11-20)17(26)21(9-15(24)27-2)16(25)14-7-13(23)8-22(14)18/h12-14,23H,3-11H2,1-2H3. The number of esters is 1. The molecule has 0 aromatic rings. The van der Waals surface area contributed by atoms with Crippen molar-refractivity contribution in [2.75, 3.05) is 53.4 Å². The SMILES string of the molecule is COC(=O)CN1C(=O)C2CC(O)CN2C2(CN(C3CCN(C)CC3)C2)C1=O. The lowest BCUT2D eigenvalue weighted by atomic mass is 9.80. The molecule has 150 valence electrons. The Labute approximate surface area is 158 Å². The number of aliphatic hydroxyl groups is 1. The summed E-state index contributed by atoms with van der Waals surface area (Å²) >= 11 is 0. The van der Waals surface area contributed by atoms with Crippen molar-refractivity contribution >= 4 is 17.8 Å². The van der Waals surface area contributed by atoms with Crippen molar-refractivity contribution in [3.05, 3.63) is 0 Å². The number of methoxy groups -OCH3 is 1. The van der Waals surface area contributed by atoms with Gasteiger partial charge in [-0.25, -0.2) is 0 Å². The van der Waals surface area contributed by atoms with Gasteiger partial charge in [0.2, 0.25) is 5.91 Å². The van der Waals surface area contributed by atoms with Gasteiger partial charge in [0.25, 0.3) is 5.91 Å². The predicted molar refractivity (Wildman–Crippen MR) is 94.7 cm³/mol. The number of carbonyl (C=O) groups excluding carboxylic acids is 3. The van der Waals surface area contributed by atoms with Crippen LogP contribution in [0.4, 0.5) is 0 Å². The van der Waals surface area contributed by atoms with Gasteiger partial charge in [-0.3, -0.25) is 29.1 Å². The summed E-state index contributed by atoms with van der Waals surface area (Å²) in [6.07, 6.45) is 1.81. The maximum atomic E-state index is 13.3. The molecule has 4 rings (SSSR count).